The standard InChI is InChI=1S/C8H13N3O2/c1-5(2)3-9-7(12)6-4-10-8(13)11-6/h4-5H,3H2,1-2H3,(H,9,12)(H2,10,11,13). The van der Waals surface area contributed by atoms with E-state index in [-0.39, 0.29) is 17.3 Å². The molecule has 0 spiro atoms. The highest BCUT2D eigenvalue weighted by Crippen LogP contribution is 1.91. The van der Waals surface area contributed by atoms with Crippen LogP contribution in [0.5, 0.6) is 0 Å². The highest BCUT2D eigenvalue weighted by atomic mass is 16.2. The van der Waals surface area contributed by atoms with Gasteiger partial charge in [-0.3, -0.25) is 4.79 Å². The predicted octanol–water partition coefficient (Wildman–Crippen LogP) is 0.0888. The minimum atomic E-state index is -0.366. The average Bonchev–Trinajstić information content (AvgIpc) is 2.47. The lowest BCUT2D eigenvalue weighted by atomic mass is 10.2. The predicted molar refractivity (Wildman–Crippen MR) is 48.6 cm³/mol. The number of amides is 1. The molecule has 0 fully saturated rings. The topological polar surface area (TPSA) is 77.8 Å². The molecule has 0 unspecified atom stereocenters. The van der Waals surface area contributed by atoms with Crippen LogP contribution in [-0.4, -0.2) is 22.4 Å². The van der Waals surface area contributed by atoms with Gasteiger partial charge < -0.3 is 15.3 Å². The number of carbonyl (C=O) groups excluding carboxylic acids is 1. The monoisotopic (exact) mass is 183 g/mol. The zero-order valence-electron chi connectivity index (χ0n) is 7.68. The molecule has 72 valence electrons. The van der Waals surface area contributed by atoms with Crippen molar-refractivity contribution in [2.45, 2.75) is 13.8 Å². The van der Waals surface area contributed by atoms with Gasteiger partial charge >= 0.3 is 5.69 Å². The van der Waals surface area contributed by atoms with E-state index < -0.39 is 0 Å². The van der Waals surface area contributed by atoms with Crippen molar-refractivity contribution in [3.63, 3.8) is 0 Å². The molecule has 1 amide bonds. The molecule has 0 aliphatic carbocycles. The van der Waals surface area contributed by atoms with E-state index in [2.05, 4.69) is 15.3 Å². The summed E-state index contributed by atoms with van der Waals surface area (Å²) in [4.78, 5) is 26.6. The van der Waals surface area contributed by atoms with Crippen LogP contribution < -0.4 is 11.0 Å². The van der Waals surface area contributed by atoms with Crippen molar-refractivity contribution in [1.29, 1.82) is 0 Å². The Bertz CT molecular complexity index is 337. The van der Waals surface area contributed by atoms with Crippen LogP contribution in [0.25, 0.3) is 0 Å². The van der Waals surface area contributed by atoms with E-state index in [1.54, 1.807) is 0 Å². The van der Waals surface area contributed by atoms with Crippen molar-refractivity contribution in [2.24, 2.45) is 5.92 Å². The summed E-state index contributed by atoms with van der Waals surface area (Å²) in [5.41, 5.74) is -0.0969. The molecule has 5 nitrogen and oxygen atoms in total. The Morgan fingerprint density at radius 3 is 2.77 bits per heavy atom. The first-order chi connectivity index (χ1) is 6.09. The van der Waals surface area contributed by atoms with Crippen molar-refractivity contribution in [3.05, 3.63) is 22.4 Å². The molecular formula is C8H13N3O2. The summed E-state index contributed by atoms with van der Waals surface area (Å²) >= 11 is 0. The fourth-order valence-corrected chi connectivity index (χ4v) is 0.847. The Labute approximate surface area is 75.6 Å². The third-order valence-electron chi connectivity index (χ3n) is 1.51. The Kier molecular flexibility index (Phi) is 2.89. The van der Waals surface area contributed by atoms with Gasteiger partial charge in [0.1, 0.15) is 5.69 Å². The van der Waals surface area contributed by atoms with Crippen LogP contribution in [0.15, 0.2) is 11.0 Å². The van der Waals surface area contributed by atoms with E-state index in [0.29, 0.717) is 12.5 Å². The molecule has 0 radical (unpaired) electrons. The van der Waals surface area contributed by atoms with Crippen LogP contribution in [0.3, 0.4) is 0 Å². The third kappa shape index (κ3) is 2.77. The van der Waals surface area contributed by atoms with Gasteiger partial charge in [-0.25, -0.2) is 4.79 Å². The minimum absolute atomic E-state index is 0.257. The van der Waals surface area contributed by atoms with Crippen molar-refractivity contribution >= 4 is 5.91 Å². The second kappa shape index (κ2) is 3.93. The summed E-state index contributed by atoms with van der Waals surface area (Å²) in [5.74, 6) is 0.140. The summed E-state index contributed by atoms with van der Waals surface area (Å²) in [7, 11) is 0. The zero-order chi connectivity index (χ0) is 9.84. The molecule has 1 aromatic rings. The van der Waals surface area contributed by atoms with Crippen LogP contribution in [0.1, 0.15) is 24.3 Å². The molecule has 1 heterocycles. The molecule has 3 N–H and O–H groups in total. The lowest BCUT2D eigenvalue weighted by molar-refractivity contribution is 0.0944. The molecule has 0 saturated heterocycles. The van der Waals surface area contributed by atoms with Crippen molar-refractivity contribution in [1.82, 2.24) is 15.3 Å². The second-order valence-corrected chi connectivity index (χ2v) is 3.26. The average molecular weight is 183 g/mol. The molecule has 0 atom stereocenters. The Hall–Kier alpha value is -1.52. The molecule has 1 rings (SSSR count). The summed E-state index contributed by atoms with van der Waals surface area (Å²) in [5, 5.41) is 2.68. The minimum Gasteiger partial charge on any atom is -0.350 e. The van der Waals surface area contributed by atoms with Crippen molar-refractivity contribution in [2.75, 3.05) is 6.54 Å². The number of imidazole rings is 1. The molecule has 0 aromatic carbocycles. The molecule has 13 heavy (non-hydrogen) atoms. The first-order valence-corrected chi connectivity index (χ1v) is 4.15. The van der Waals surface area contributed by atoms with Crippen molar-refractivity contribution in [3.8, 4) is 0 Å². The molecular weight excluding hydrogens is 170 g/mol. The first kappa shape index (κ1) is 9.57. The maximum absolute atomic E-state index is 11.3. The summed E-state index contributed by atoms with van der Waals surface area (Å²) in [6.07, 6.45) is 1.36. The van der Waals surface area contributed by atoms with E-state index in [9.17, 15) is 9.59 Å². The number of rotatable bonds is 3. The van der Waals surface area contributed by atoms with Gasteiger partial charge in [0.2, 0.25) is 0 Å². The number of aromatic amines is 2. The molecule has 0 aliphatic rings. The van der Waals surface area contributed by atoms with Crippen LogP contribution in [-0.2, 0) is 0 Å². The van der Waals surface area contributed by atoms with E-state index in [1.165, 1.54) is 6.20 Å². The number of nitrogens with one attached hydrogen (secondary N) is 3. The van der Waals surface area contributed by atoms with Crippen LogP contribution in [0.2, 0.25) is 0 Å². The SMILES string of the molecule is CC(C)CNC(=O)c1c[nH]c(=O)[nH]1. The fourth-order valence-electron chi connectivity index (χ4n) is 0.847. The number of carbonyl (C=O) groups is 1. The maximum Gasteiger partial charge on any atom is 0.323 e. The van der Waals surface area contributed by atoms with Gasteiger partial charge in [-0.05, 0) is 5.92 Å². The molecule has 1 aromatic heterocycles. The molecule has 5 heteroatoms. The quantitative estimate of drug-likeness (QED) is 0.621. The second-order valence-electron chi connectivity index (χ2n) is 3.26. The number of hydrogen-bond donors (Lipinski definition) is 3. The summed E-state index contributed by atoms with van der Waals surface area (Å²) in [6.45, 7) is 4.60. The Morgan fingerprint density at radius 1 is 1.62 bits per heavy atom. The first-order valence-electron chi connectivity index (χ1n) is 4.15. The number of hydrogen-bond acceptors (Lipinski definition) is 2. The van der Waals surface area contributed by atoms with Crippen LogP contribution >= 0.6 is 0 Å². The third-order valence-corrected chi connectivity index (χ3v) is 1.51. The van der Waals surface area contributed by atoms with E-state index in [4.69, 9.17) is 0 Å². The zero-order valence-corrected chi connectivity index (χ0v) is 7.68. The Morgan fingerprint density at radius 2 is 2.31 bits per heavy atom. The summed E-state index contributed by atoms with van der Waals surface area (Å²) in [6, 6.07) is 0. The van der Waals surface area contributed by atoms with E-state index in [1.807, 2.05) is 13.8 Å². The molecule has 0 saturated carbocycles. The van der Waals surface area contributed by atoms with E-state index >= 15 is 0 Å². The van der Waals surface area contributed by atoms with E-state index in [0.717, 1.165) is 0 Å². The van der Waals surface area contributed by atoms with Crippen LogP contribution in [0.4, 0.5) is 0 Å². The largest absolute Gasteiger partial charge is 0.350 e. The number of H-pyrrole nitrogens is 2. The lowest BCUT2D eigenvalue weighted by Crippen LogP contribution is -2.27. The number of aromatic nitrogens is 2. The van der Waals surface area contributed by atoms with Gasteiger partial charge in [0.25, 0.3) is 5.91 Å². The van der Waals surface area contributed by atoms with Gasteiger partial charge in [-0.2, -0.15) is 0 Å². The summed E-state index contributed by atoms with van der Waals surface area (Å²) < 4.78 is 0. The highest BCUT2D eigenvalue weighted by molar-refractivity contribution is 5.91. The fraction of sp³-hybridized carbons (Fsp3) is 0.500. The highest BCUT2D eigenvalue weighted by Gasteiger charge is 2.06. The van der Waals surface area contributed by atoms with Crippen LogP contribution in [0, 0.1) is 5.92 Å². The Balaban J connectivity index is 2.54. The van der Waals surface area contributed by atoms with Gasteiger partial charge in [-0.1, -0.05) is 13.8 Å². The lowest BCUT2D eigenvalue weighted by Gasteiger charge is -2.05. The molecule has 0 bridgehead atoms. The van der Waals surface area contributed by atoms with Gasteiger partial charge in [0, 0.05) is 12.7 Å². The normalized spacial score (nSPS) is 10.4. The van der Waals surface area contributed by atoms with Gasteiger partial charge in [0.05, 0.1) is 0 Å². The maximum atomic E-state index is 11.3. The van der Waals surface area contributed by atoms with Gasteiger partial charge in [0.15, 0.2) is 0 Å². The smallest absolute Gasteiger partial charge is 0.323 e. The van der Waals surface area contributed by atoms with Gasteiger partial charge in [-0.15, -0.1) is 0 Å². The molecule has 0 aliphatic heterocycles. The van der Waals surface area contributed by atoms with Crippen molar-refractivity contribution < 1.29 is 4.79 Å².